The number of rotatable bonds is 7. The van der Waals surface area contributed by atoms with Crippen molar-refractivity contribution in [1.82, 2.24) is 9.78 Å². The van der Waals surface area contributed by atoms with Crippen LogP contribution in [0.25, 0.3) is 0 Å². The first kappa shape index (κ1) is 15.1. The highest BCUT2D eigenvalue weighted by Gasteiger charge is 2.15. The molecule has 3 nitrogen and oxygen atoms in total. The second-order valence-electron chi connectivity index (χ2n) is 4.01. The van der Waals surface area contributed by atoms with Gasteiger partial charge in [0.15, 0.2) is 0 Å². The number of aliphatic hydroxyl groups excluding tert-OH is 1. The molecule has 0 saturated heterocycles. The predicted molar refractivity (Wildman–Crippen MR) is 77.7 cm³/mol. The number of aromatic nitrogens is 2. The molecule has 17 heavy (non-hydrogen) atoms. The molecule has 0 spiro atoms. The van der Waals surface area contributed by atoms with Gasteiger partial charge in [-0.15, -0.1) is 0 Å². The molecule has 0 radical (unpaired) electrons. The zero-order valence-electron chi connectivity index (χ0n) is 10.7. The van der Waals surface area contributed by atoms with Gasteiger partial charge in [-0.1, -0.05) is 6.92 Å². The third kappa shape index (κ3) is 4.30. The maximum atomic E-state index is 10.0. The molecule has 0 aliphatic heterocycles. The topological polar surface area (TPSA) is 38.1 Å². The van der Waals surface area contributed by atoms with Crippen LogP contribution in [0, 0.1) is 6.92 Å². The first-order valence-electron chi connectivity index (χ1n) is 6.07. The lowest BCUT2D eigenvalue weighted by Gasteiger charge is -2.11. The summed E-state index contributed by atoms with van der Waals surface area (Å²) < 4.78 is 3.01. The van der Waals surface area contributed by atoms with Crippen molar-refractivity contribution in [3.63, 3.8) is 0 Å². The van der Waals surface area contributed by atoms with Gasteiger partial charge >= 0.3 is 0 Å². The Bertz CT molecular complexity index is 355. The molecule has 1 atom stereocenters. The van der Waals surface area contributed by atoms with Crippen LogP contribution in [0.2, 0.25) is 0 Å². The molecule has 98 valence electrons. The Morgan fingerprint density at radius 3 is 2.76 bits per heavy atom. The number of hydrogen-bond acceptors (Lipinski definition) is 3. The lowest BCUT2D eigenvalue weighted by atomic mass is 10.1. The van der Waals surface area contributed by atoms with Crippen molar-refractivity contribution in [3.8, 4) is 0 Å². The summed E-state index contributed by atoms with van der Waals surface area (Å²) in [7, 11) is 0. The molecule has 1 N–H and O–H groups in total. The van der Waals surface area contributed by atoms with E-state index in [2.05, 4.69) is 34.9 Å². The Kier molecular flexibility index (Phi) is 6.59. The van der Waals surface area contributed by atoms with E-state index in [4.69, 9.17) is 0 Å². The zero-order valence-corrected chi connectivity index (χ0v) is 13.1. The van der Waals surface area contributed by atoms with E-state index in [1.165, 1.54) is 0 Å². The van der Waals surface area contributed by atoms with Crippen LogP contribution in [0.1, 0.15) is 31.7 Å². The number of nitrogens with zero attached hydrogens (tertiary/aromatic N) is 2. The summed E-state index contributed by atoms with van der Waals surface area (Å²) in [6.45, 7) is 7.04. The molecule has 5 heteroatoms. The minimum Gasteiger partial charge on any atom is -0.393 e. The van der Waals surface area contributed by atoms with E-state index in [-0.39, 0.29) is 6.10 Å². The largest absolute Gasteiger partial charge is 0.393 e. The second kappa shape index (κ2) is 7.44. The fourth-order valence-electron chi connectivity index (χ4n) is 1.75. The van der Waals surface area contributed by atoms with Crippen molar-refractivity contribution >= 4 is 27.7 Å². The minimum absolute atomic E-state index is 0.272. The Hall–Kier alpha value is 0. The number of hydrogen-bond donors (Lipinski definition) is 1. The van der Waals surface area contributed by atoms with Gasteiger partial charge in [0.1, 0.15) is 0 Å². The van der Waals surface area contributed by atoms with E-state index in [9.17, 15) is 5.11 Å². The lowest BCUT2D eigenvalue weighted by Crippen LogP contribution is -2.15. The van der Waals surface area contributed by atoms with Crippen LogP contribution in [0.4, 0.5) is 0 Å². The van der Waals surface area contributed by atoms with Gasteiger partial charge in [0, 0.05) is 13.0 Å². The van der Waals surface area contributed by atoms with Crippen molar-refractivity contribution in [2.24, 2.45) is 0 Å². The van der Waals surface area contributed by atoms with Crippen molar-refractivity contribution < 1.29 is 5.11 Å². The smallest absolute Gasteiger partial charge is 0.0738 e. The van der Waals surface area contributed by atoms with Crippen molar-refractivity contribution in [1.29, 1.82) is 0 Å². The molecule has 0 saturated carbocycles. The molecule has 1 heterocycles. The van der Waals surface area contributed by atoms with Gasteiger partial charge in [-0.05, 0) is 47.7 Å². The molecule has 0 bridgehead atoms. The maximum absolute atomic E-state index is 10.0. The van der Waals surface area contributed by atoms with Gasteiger partial charge in [0.2, 0.25) is 0 Å². The average molecular weight is 321 g/mol. The van der Waals surface area contributed by atoms with Crippen LogP contribution in [-0.2, 0) is 13.0 Å². The number of halogens is 1. The highest BCUT2D eigenvalue weighted by Crippen LogP contribution is 2.23. The molecular formula is C12H21BrN2OS. The molecule has 0 aliphatic rings. The monoisotopic (exact) mass is 320 g/mol. The van der Waals surface area contributed by atoms with Crippen LogP contribution < -0.4 is 0 Å². The van der Waals surface area contributed by atoms with Crippen LogP contribution in [-0.4, -0.2) is 32.5 Å². The summed E-state index contributed by atoms with van der Waals surface area (Å²) >= 11 is 5.42. The minimum atomic E-state index is -0.272. The Morgan fingerprint density at radius 1 is 1.47 bits per heavy atom. The van der Waals surface area contributed by atoms with Gasteiger partial charge in [0.05, 0.1) is 22.0 Å². The molecule has 0 aromatic carbocycles. The Morgan fingerprint density at radius 2 is 2.18 bits per heavy atom. The first-order valence-corrected chi connectivity index (χ1v) is 8.02. The molecule has 0 amide bonds. The summed E-state index contributed by atoms with van der Waals surface area (Å²) in [6.07, 6.45) is 1.25. The normalized spacial score (nSPS) is 13.0. The van der Waals surface area contributed by atoms with Gasteiger partial charge < -0.3 is 5.11 Å². The lowest BCUT2D eigenvalue weighted by molar-refractivity contribution is 0.169. The molecular weight excluding hydrogens is 300 g/mol. The third-order valence-corrected chi connectivity index (χ3v) is 4.65. The van der Waals surface area contributed by atoms with Crippen molar-refractivity contribution in [2.75, 3.05) is 11.5 Å². The number of aliphatic hydroxyl groups is 1. The summed E-state index contributed by atoms with van der Waals surface area (Å²) in [4.78, 5) is 0. The Labute approximate surface area is 116 Å². The standard InChI is InChI=1S/C12H21BrN2OS/c1-4-15-11(12(13)9(3)14-15)8-10(16)6-7-17-5-2/h10,16H,4-8H2,1-3H3. The fourth-order valence-corrected chi connectivity index (χ4v) is 2.93. The molecule has 1 aromatic heterocycles. The number of aryl methyl sites for hydroxylation is 2. The SMILES string of the molecule is CCSCCC(O)Cc1c(Br)c(C)nn1CC. The van der Waals surface area contributed by atoms with E-state index in [1.807, 2.05) is 23.4 Å². The Balaban J connectivity index is 2.60. The first-order chi connectivity index (χ1) is 8.10. The quantitative estimate of drug-likeness (QED) is 0.785. The molecule has 0 aliphatic carbocycles. The van der Waals surface area contributed by atoms with E-state index in [1.54, 1.807) is 0 Å². The van der Waals surface area contributed by atoms with Gasteiger partial charge in [-0.3, -0.25) is 4.68 Å². The fraction of sp³-hybridized carbons (Fsp3) is 0.750. The van der Waals surface area contributed by atoms with Crippen LogP contribution in [0.15, 0.2) is 4.47 Å². The summed E-state index contributed by atoms with van der Waals surface area (Å²) in [6, 6.07) is 0. The van der Waals surface area contributed by atoms with Gasteiger partial charge in [-0.2, -0.15) is 16.9 Å². The number of thioether (sulfide) groups is 1. The van der Waals surface area contributed by atoms with Gasteiger partial charge in [-0.25, -0.2) is 0 Å². The van der Waals surface area contributed by atoms with Gasteiger partial charge in [0.25, 0.3) is 0 Å². The van der Waals surface area contributed by atoms with E-state index >= 15 is 0 Å². The predicted octanol–water partition coefficient (Wildman–Crippen LogP) is 3.02. The summed E-state index contributed by atoms with van der Waals surface area (Å²) in [5, 5.41) is 14.4. The molecule has 1 rings (SSSR count). The van der Waals surface area contributed by atoms with E-state index in [0.717, 1.165) is 40.3 Å². The van der Waals surface area contributed by atoms with Crippen molar-refractivity contribution in [3.05, 3.63) is 15.9 Å². The summed E-state index contributed by atoms with van der Waals surface area (Å²) in [5.41, 5.74) is 2.11. The van der Waals surface area contributed by atoms with Crippen molar-refractivity contribution in [2.45, 2.75) is 46.3 Å². The highest BCUT2D eigenvalue weighted by molar-refractivity contribution is 9.10. The van der Waals surface area contributed by atoms with Crippen LogP contribution >= 0.6 is 27.7 Å². The molecule has 0 fully saturated rings. The van der Waals surface area contributed by atoms with E-state index in [0.29, 0.717) is 6.42 Å². The highest BCUT2D eigenvalue weighted by atomic mass is 79.9. The molecule has 1 unspecified atom stereocenters. The second-order valence-corrected chi connectivity index (χ2v) is 6.19. The third-order valence-electron chi connectivity index (χ3n) is 2.68. The van der Waals surface area contributed by atoms with Crippen LogP contribution in [0.5, 0.6) is 0 Å². The maximum Gasteiger partial charge on any atom is 0.0738 e. The van der Waals surface area contributed by atoms with Crippen LogP contribution in [0.3, 0.4) is 0 Å². The van der Waals surface area contributed by atoms with E-state index < -0.39 is 0 Å². The zero-order chi connectivity index (χ0) is 12.8. The summed E-state index contributed by atoms with van der Waals surface area (Å²) in [5.74, 6) is 2.14. The molecule has 1 aromatic rings. The average Bonchev–Trinajstić information content (AvgIpc) is 2.57.